The molecule has 0 unspecified atom stereocenters. The molecule has 1 aromatic rings. The molecule has 0 aliphatic heterocycles. The maximum absolute atomic E-state index is 11.2. The highest BCUT2D eigenvalue weighted by atomic mass is 16.3. The van der Waals surface area contributed by atoms with E-state index in [1.807, 2.05) is 0 Å². The van der Waals surface area contributed by atoms with Crippen molar-refractivity contribution in [2.75, 3.05) is 0 Å². The largest absolute Gasteiger partial charge is 0.393 e. The number of nitrogens with one attached hydrogen (secondary N) is 1. The van der Waals surface area contributed by atoms with Gasteiger partial charge in [-0.1, -0.05) is 57.2 Å². The quantitative estimate of drug-likeness (QED) is 0.328. The summed E-state index contributed by atoms with van der Waals surface area (Å²) in [5.74, 6) is 1.62. The second-order valence-electron chi connectivity index (χ2n) is 12.8. The van der Waals surface area contributed by atoms with Crippen LogP contribution in [0.1, 0.15) is 89.8 Å². The third-order valence-corrected chi connectivity index (χ3v) is 10.6. The summed E-state index contributed by atoms with van der Waals surface area (Å²) in [6.07, 6.45) is 19.5. The lowest BCUT2D eigenvalue weighted by molar-refractivity contribution is 0.0862. The van der Waals surface area contributed by atoms with Gasteiger partial charge in [0.25, 0.3) is 0 Å². The number of rotatable bonds is 7. The normalized spacial score (nSPS) is 37.3. The van der Waals surface area contributed by atoms with Gasteiger partial charge in [-0.2, -0.15) is 0 Å². The van der Waals surface area contributed by atoms with E-state index in [4.69, 9.17) is 0 Å². The predicted molar refractivity (Wildman–Crippen MR) is 150 cm³/mol. The first-order valence-electron chi connectivity index (χ1n) is 14.7. The van der Waals surface area contributed by atoms with E-state index in [0.29, 0.717) is 30.6 Å². The molecule has 202 valence electrons. The second kappa shape index (κ2) is 10.4. The fraction of sp³-hybridized carbons (Fsp3) is 0.636. The zero-order valence-corrected chi connectivity index (χ0v) is 23.0. The summed E-state index contributed by atoms with van der Waals surface area (Å²) < 4.78 is 0. The van der Waals surface area contributed by atoms with Crippen LogP contribution < -0.4 is 0 Å². The molecule has 1 heterocycles. The minimum atomic E-state index is -0.635. The Balaban J connectivity index is 1.28. The molecule has 4 nitrogen and oxygen atoms in total. The number of aromatic nitrogens is 1. The average Bonchev–Trinajstić information content (AvgIpc) is 3.39. The summed E-state index contributed by atoms with van der Waals surface area (Å²) in [4.78, 5) is 3.44. The molecule has 0 bridgehead atoms. The average molecular weight is 506 g/mol. The van der Waals surface area contributed by atoms with Crippen molar-refractivity contribution in [1.29, 1.82) is 0 Å². The van der Waals surface area contributed by atoms with Crippen LogP contribution in [0.25, 0.3) is 0 Å². The van der Waals surface area contributed by atoms with Gasteiger partial charge in [-0.25, -0.2) is 0 Å². The molecule has 4 aliphatic carbocycles. The number of aromatic amines is 1. The topological polar surface area (TPSA) is 76.5 Å². The highest BCUT2D eigenvalue weighted by molar-refractivity contribution is 5.39. The molecule has 4 fully saturated rings. The van der Waals surface area contributed by atoms with E-state index in [1.165, 1.54) is 42.5 Å². The molecule has 4 saturated carbocycles. The Labute approximate surface area is 223 Å². The van der Waals surface area contributed by atoms with Crippen molar-refractivity contribution in [1.82, 2.24) is 4.98 Å². The number of allylic oxidation sites excluding steroid dienone is 4. The minimum Gasteiger partial charge on any atom is -0.393 e. The van der Waals surface area contributed by atoms with Crippen LogP contribution in [0.4, 0.5) is 0 Å². The van der Waals surface area contributed by atoms with Gasteiger partial charge >= 0.3 is 0 Å². The molecule has 1 aromatic heterocycles. The molecule has 7 atom stereocenters. The molecular weight excluding hydrogens is 458 g/mol. The molecule has 0 aromatic carbocycles. The van der Waals surface area contributed by atoms with E-state index in [-0.39, 0.29) is 10.8 Å². The van der Waals surface area contributed by atoms with Crippen molar-refractivity contribution < 1.29 is 15.3 Å². The Morgan fingerprint density at radius 1 is 1.16 bits per heavy atom. The Kier molecular flexibility index (Phi) is 7.48. The predicted octanol–water partition coefficient (Wildman–Crippen LogP) is 6.30. The van der Waals surface area contributed by atoms with Crippen molar-refractivity contribution in [2.45, 2.75) is 109 Å². The minimum absolute atomic E-state index is 0.121. The Morgan fingerprint density at radius 3 is 2.65 bits per heavy atom. The van der Waals surface area contributed by atoms with Gasteiger partial charge in [-0.05, 0) is 104 Å². The number of hydrogen-bond acceptors (Lipinski definition) is 3. The third kappa shape index (κ3) is 4.97. The zero-order chi connectivity index (χ0) is 26.4. The van der Waals surface area contributed by atoms with Crippen LogP contribution in [-0.4, -0.2) is 38.6 Å². The lowest BCUT2D eigenvalue weighted by Gasteiger charge is -2.44. The summed E-state index contributed by atoms with van der Waals surface area (Å²) in [5.41, 5.74) is 5.94. The number of H-pyrrole nitrogens is 1. The molecule has 0 radical (unpaired) electrons. The Hall–Kier alpha value is -1.88. The number of aliphatic hydroxyl groups is 3. The molecule has 0 saturated heterocycles. The summed E-state index contributed by atoms with van der Waals surface area (Å²) >= 11 is 0. The Morgan fingerprint density at radius 2 is 1.95 bits per heavy atom. The van der Waals surface area contributed by atoms with E-state index in [9.17, 15) is 15.3 Å². The summed E-state index contributed by atoms with van der Waals surface area (Å²) in [7, 11) is 0. The highest BCUT2D eigenvalue weighted by Gasteiger charge is 2.52. The van der Waals surface area contributed by atoms with E-state index in [1.54, 1.807) is 0 Å². The van der Waals surface area contributed by atoms with Crippen LogP contribution in [0.2, 0.25) is 0 Å². The van der Waals surface area contributed by atoms with Crippen LogP contribution in [0.5, 0.6) is 0 Å². The monoisotopic (exact) mass is 505 g/mol. The molecule has 4 aliphatic rings. The van der Waals surface area contributed by atoms with Crippen LogP contribution in [0, 0.1) is 23.2 Å². The van der Waals surface area contributed by atoms with Crippen molar-refractivity contribution in [3.05, 3.63) is 71.1 Å². The van der Waals surface area contributed by atoms with Crippen LogP contribution in [-0.2, 0) is 11.8 Å². The fourth-order valence-corrected chi connectivity index (χ4v) is 8.00. The first kappa shape index (κ1) is 26.7. The van der Waals surface area contributed by atoms with Gasteiger partial charge in [0.05, 0.1) is 18.3 Å². The standard InChI is InChI=1S/C33H47NO3/c1-5-23-17-30(34-20-23)33(15-16-33)31(37)13-8-21(2)27-11-12-28-24(7-6-14-32(27,28)4)9-10-25-18-26(35)19-29(36)22(25)3/h8-10,13,17,20-21,26-29,31,34-37H,3,5-7,11-12,14-16,18-19H2,1-2,4H3/b13-8+,24-9+,25-10-/t21-,26-,27-,28+,29+,31-,32-/m1/s1. The van der Waals surface area contributed by atoms with Crippen LogP contribution >= 0.6 is 0 Å². The number of hydrogen-bond donors (Lipinski definition) is 4. The van der Waals surface area contributed by atoms with Crippen molar-refractivity contribution in [2.24, 2.45) is 23.2 Å². The molecule has 37 heavy (non-hydrogen) atoms. The van der Waals surface area contributed by atoms with Crippen molar-refractivity contribution in [3.8, 4) is 0 Å². The van der Waals surface area contributed by atoms with Crippen LogP contribution in [0.3, 0.4) is 0 Å². The lowest BCUT2D eigenvalue weighted by Crippen LogP contribution is -2.35. The maximum atomic E-state index is 11.2. The van der Waals surface area contributed by atoms with Gasteiger partial charge in [-0.15, -0.1) is 0 Å². The van der Waals surface area contributed by atoms with Gasteiger partial charge in [-0.3, -0.25) is 0 Å². The zero-order valence-electron chi connectivity index (χ0n) is 23.0. The number of fused-ring (bicyclic) bond motifs is 1. The highest BCUT2D eigenvalue weighted by Crippen LogP contribution is 2.60. The van der Waals surface area contributed by atoms with E-state index < -0.39 is 18.3 Å². The molecule has 4 heteroatoms. The van der Waals surface area contributed by atoms with E-state index in [0.717, 1.165) is 36.8 Å². The van der Waals surface area contributed by atoms with Gasteiger partial charge in [0, 0.05) is 23.7 Å². The lowest BCUT2D eigenvalue weighted by atomic mass is 9.61. The molecular formula is C33H47NO3. The van der Waals surface area contributed by atoms with Crippen molar-refractivity contribution in [3.63, 3.8) is 0 Å². The first-order valence-corrected chi connectivity index (χ1v) is 14.7. The first-order chi connectivity index (χ1) is 17.7. The number of aryl methyl sites for hydroxylation is 1. The molecule has 0 amide bonds. The molecule has 5 rings (SSSR count). The van der Waals surface area contributed by atoms with Gasteiger partial charge < -0.3 is 20.3 Å². The van der Waals surface area contributed by atoms with Crippen LogP contribution in [0.15, 0.2) is 59.9 Å². The van der Waals surface area contributed by atoms with Gasteiger partial charge in [0.15, 0.2) is 0 Å². The summed E-state index contributed by atoms with van der Waals surface area (Å²) in [6, 6.07) is 2.24. The van der Waals surface area contributed by atoms with E-state index in [2.05, 4.69) is 68.9 Å². The van der Waals surface area contributed by atoms with Gasteiger partial charge in [0.2, 0.25) is 0 Å². The summed E-state index contributed by atoms with van der Waals surface area (Å²) in [6.45, 7) is 11.1. The van der Waals surface area contributed by atoms with Crippen molar-refractivity contribution >= 4 is 0 Å². The van der Waals surface area contributed by atoms with E-state index >= 15 is 0 Å². The molecule has 4 N–H and O–H groups in total. The SMILES string of the molecule is C=C1/C(=C\C=C2/CCC[C@]3(C)[C@@H]([C@H](C)/C=C/[C@@H](O)C4(c5cc(CC)c[nH]5)CC4)CC[C@@H]23)C[C@@H](O)C[C@@H]1O. The third-order valence-electron chi connectivity index (χ3n) is 10.6. The molecule has 0 spiro atoms. The maximum Gasteiger partial charge on any atom is 0.0831 e. The Bertz CT molecular complexity index is 1090. The number of aliphatic hydroxyl groups excluding tert-OH is 3. The second-order valence-corrected chi connectivity index (χ2v) is 12.8. The fourth-order valence-electron chi connectivity index (χ4n) is 8.00. The summed E-state index contributed by atoms with van der Waals surface area (Å²) in [5, 5.41) is 31.5. The smallest absolute Gasteiger partial charge is 0.0831 e. The van der Waals surface area contributed by atoms with Gasteiger partial charge in [0.1, 0.15) is 0 Å².